The second-order valence-corrected chi connectivity index (χ2v) is 7.92. The summed E-state index contributed by atoms with van der Waals surface area (Å²) in [7, 11) is 0. The van der Waals surface area contributed by atoms with Crippen LogP contribution in [-0.2, 0) is 16.1 Å². The molecule has 7 nitrogen and oxygen atoms in total. The minimum atomic E-state index is -0.196. The zero-order chi connectivity index (χ0) is 22.0. The Morgan fingerprint density at radius 1 is 1.39 bits per heavy atom. The highest BCUT2D eigenvalue weighted by molar-refractivity contribution is 6.15. The Morgan fingerprint density at radius 2 is 2.16 bits per heavy atom. The minimum Gasteiger partial charge on any atom is -0.507 e. The van der Waals surface area contributed by atoms with Crippen molar-refractivity contribution in [3.05, 3.63) is 58.6 Å². The molecule has 4 rings (SSSR count). The molecule has 1 saturated heterocycles. The fourth-order valence-electron chi connectivity index (χ4n) is 4.16. The topological polar surface area (TPSA) is 89.0 Å². The van der Waals surface area contributed by atoms with Crippen molar-refractivity contribution in [3.8, 4) is 11.5 Å². The average molecular weight is 422 g/mol. The van der Waals surface area contributed by atoms with E-state index in [0.29, 0.717) is 61.5 Å². The summed E-state index contributed by atoms with van der Waals surface area (Å²) in [5.41, 5.74) is 2.53. The summed E-state index contributed by atoms with van der Waals surface area (Å²) < 4.78 is 11.1. The van der Waals surface area contributed by atoms with E-state index in [9.17, 15) is 14.7 Å². The molecule has 31 heavy (non-hydrogen) atoms. The molecule has 0 spiro atoms. The molecule has 0 saturated carbocycles. The Kier molecular flexibility index (Phi) is 6.04. The van der Waals surface area contributed by atoms with Gasteiger partial charge in [-0.2, -0.15) is 0 Å². The fourth-order valence-corrected chi connectivity index (χ4v) is 4.16. The number of hydrogen-bond donors (Lipinski definition) is 1. The number of aryl methyl sites for hydroxylation is 1. The predicted molar refractivity (Wildman–Crippen MR) is 115 cm³/mol. The molecule has 0 unspecified atom stereocenters. The van der Waals surface area contributed by atoms with E-state index < -0.39 is 0 Å². The van der Waals surface area contributed by atoms with E-state index >= 15 is 0 Å². The average Bonchev–Trinajstić information content (AvgIpc) is 3.09. The first-order valence-electron chi connectivity index (χ1n) is 10.6. The van der Waals surface area contributed by atoms with Gasteiger partial charge in [-0.1, -0.05) is 6.07 Å². The van der Waals surface area contributed by atoms with Gasteiger partial charge in [0.1, 0.15) is 11.5 Å². The van der Waals surface area contributed by atoms with Crippen LogP contribution in [0.3, 0.4) is 0 Å². The molecular formula is C24H26N2O5. The van der Waals surface area contributed by atoms with Crippen molar-refractivity contribution in [2.45, 2.75) is 33.2 Å². The number of nitrogens with zero attached hydrogens (tertiary/aromatic N) is 2. The molecule has 2 aromatic rings. The molecule has 1 aromatic carbocycles. The Balaban J connectivity index is 1.55. The van der Waals surface area contributed by atoms with Crippen molar-refractivity contribution in [2.75, 3.05) is 19.7 Å². The summed E-state index contributed by atoms with van der Waals surface area (Å²) >= 11 is 0. The van der Waals surface area contributed by atoms with Crippen LogP contribution in [0.5, 0.6) is 11.5 Å². The van der Waals surface area contributed by atoms with Gasteiger partial charge < -0.3 is 14.6 Å². The second kappa shape index (κ2) is 8.89. The quantitative estimate of drug-likeness (QED) is 0.583. The molecule has 7 heteroatoms. The number of hydrogen-bond acceptors (Lipinski definition) is 7. The first-order valence-corrected chi connectivity index (χ1v) is 10.6. The van der Waals surface area contributed by atoms with Gasteiger partial charge in [0.25, 0.3) is 0 Å². The number of rotatable bonds is 5. The summed E-state index contributed by atoms with van der Waals surface area (Å²) in [5.74, 6) is 0.336. The molecule has 3 heterocycles. The van der Waals surface area contributed by atoms with Crippen molar-refractivity contribution in [1.82, 2.24) is 9.88 Å². The van der Waals surface area contributed by atoms with Gasteiger partial charge in [-0.05, 0) is 69.1 Å². The summed E-state index contributed by atoms with van der Waals surface area (Å²) in [5, 5.41) is 10.6. The Labute approximate surface area is 181 Å². The number of benzene rings is 1. The number of fused-ring (bicyclic) bond motifs is 1. The second-order valence-electron chi connectivity index (χ2n) is 7.92. The van der Waals surface area contributed by atoms with Crippen LogP contribution < -0.4 is 4.74 Å². The van der Waals surface area contributed by atoms with Gasteiger partial charge in [0.2, 0.25) is 5.78 Å². The summed E-state index contributed by atoms with van der Waals surface area (Å²) in [6.07, 6.45) is 6.41. The van der Waals surface area contributed by atoms with E-state index in [1.54, 1.807) is 37.5 Å². The van der Waals surface area contributed by atoms with Gasteiger partial charge in [0.05, 0.1) is 23.7 Å². The molecular weight excluding hydrogens is 396 g/mol. The molecule has 0 bridgehead atoms. The molecule has 0 radical (unpaired) electrons. The molecule has 162 valence electrons. The molecule has 0 amide bonds. The van der Waals surface area contributed by atoms with Crippen LogP contribution >= 0.6 is 0 Å². The van der Waals surface area contributed by atoms with Crippen LogP contribution in [-0.4, -0.2) is 46.4 Å². The number of aromatic hydroxyl groups is 1. The number of carbonyl (C=O) groups is 2. The number of allylic oxidation sites excluding steroid dienone is 1. The maximum atomic E-state index is 13.0. The predicted octanol–water partition coefficient (Wildman–Crippen LogP) is 3.49. The molecule has 2 aliphatic rings. The van der Waals surface area contributed by atoms with Gasteiger partial charge in [-0.25, -0.2) is 0 Å². The van der Waals surface area contributed by atoms with Crippen LogP contribution in [0.1, 0.15) is 46.8 Å². The fraction of sp³-hybridized carbons (Fsp3) is 0.375. The van der Waals surface area contributed by atoms with Crippen molar-refractivity contribution < 1.29 is 24.2 Å². The summed E-state index contributed by atoms with van der Waals surface area (Å²) in [6, 6.07) is 5.26. The number of Topliss-reactive ketones (excluding diaryl/α,β-unsaturated/α-hetero) is 1. The van der Waals surface area contributed by atoms with Gasteiger partial charge in [0, 0.05) is 18.9 Å². The molecule has 2 aliphatic heterocycles. The minimum absolute atomic E-state index is 0.0830. The van der Waals surface area contributed by atoms with Gasteiger partial charge >= 0.3 is 5.97 Å². The lowest BCUT2D eigenvalue weighted by Gasteiger charge is -2.31. The third-order valence-corrected chi connectivity index (χ3v) is 5.79. The molecule has 0 aliphatic carbocycles. The highest BCUT2D eigenvalue weighted by Crippen LogP contribution is 2.42. The monoisotopic (exact) mass is 422 g/mol. The molecule has 1 N–H and O–H groups in total. The van der Waals surface area contributed by atoms with Crippen LogP contribution in [0, 0.1) is 12.8 Å². The first kappa shape index (κ1) is 21.1. The zero-order valence-corrected chi connectivity index (χ0v) is 17.8. The standard InChI is InChI=1S/C24H26N2O5/c1-3-30-24(29)17-6-9-26(10-7-17)14-18-19(27)11-15(2)21-22(28)20(31-23(18)21)12-16-5-4-8-25-13-16/h4-5,8,11-13,17,27H,3,6-7,9-10,14H2,1-2H3/b20-12+. The van der Waals surface area contributed by atoms with Gasteiger partial charge in [0.15, 0.2) is 5.76 Å². The normalized spacial score (nSPS) is 18.1. The van der Waals surface area contributed by atoms with E-state index in [1.165, 1.54) is 0 Å². The number of likely N-dealkylation sites (tertiary alicyclic amines) is 1. The number of pyridine rings is 1. The smallest absolute Gasteiger partial charge is 0.309 e. The van der Waals surface area contributed by atoms with Crippen LogP contribution in [0.4, 0.5) is 0 Å². The molecule has 1 aromatic heterocycles. The lowest BCUT2D eigenvalue weighted by atomic mass is 9.95. The SMILES string of the molecule is CCOC(=O)C1CCN(Cc2c(O)cc(C)c3c2O/C(=C/c2cccnc2)C3=O)CC1. The van der Waals surface area contributed by atoms with E-state index in [1.807, 2.05) is 13.0 Å². The third kappa shape index (κ3) is 4.32. The largest absolute Gasteiger partial charge is 0.507 e. The number of phenolic OH excluding ortho intramolecular Hbond substituents is 1. The van der Waals surface area contributed by atoms with Crippen LogP contribution in [0.2, 0.25) is 0 Å². The zero-order valence-electron chi connectivity index (χ0n) is 17.8. The van der Waals surface area contributed by atoms with Gasteiger partial charge in [-0.15, -0.1) is 0 Å². The lowest BCUT2D eigenvalue weighted by molar-refractivity contribution is -0.149. The van der Waals surface area contributed by atoms with E-state index in [2.05, 4.69) is 9.88 Å². The van der Waals surface area contributed by atoms with E-state index in [0.717, 1.165) is 5.56 Å². The van der Waals surface area contributed by atoms with Crippen molar-refractivity contribution >= 4 is 17.8 Å². The molecule has 0 atom stereocenters. The summed E-state index contributed by atoms with van der Waals surface area (Å²) in [4.78, 5) is 31.2. The van der Waals surface area contributed by atoms with Crippen LogP contribution in [0.25, 0.3) is 6.08 Å². The van der Waals surface area contributed by atoms with Crippen molar-refractivity contribution in [3.63, 3.8) is 0 Å². The Hall–Kier alpha value is -3.19. The third-order valence-electron chi connectivity index (χ3n) is 5.79. The highest BCUT2D eigenvalue weighted by atomic mass is 16.5. The lowest BCUT2D eigenvalue weighted by Crippen LogP contribution is -2.36. The van der Waals surface area contributed by atoms with E-state index in [-0.39, 0.29) is 29.2 Å². The number of ether oxygens (including phenoxy) is 2. The number of aromatic nitrogens is 1. The van der Waals surface area contributed by atoms with Gasteiger partial charge in [-0.3, -0.25) is 19.5 Å². The number of piperidine rings is 1. The highest BCUT2D eigenvalue weighted by Gasteiger charge is 2.34. The maximum absolute atomic E-state index is 13.0. The number of ketones is 1. The Bertz CT molecular complexity index is 1020. The Morgan fingerprint density at radius 3 is 2.84 bits per heavy atom. The number of esters is 1. The number of phenols is 1. The maximum Gasteiger partial charge on any atom is 0.309 e. The van der Waals surface area contributed by atoms with Crippen molar-refractivity contribution in [1.29, 1.82) is 0 Å². The molecule has 1 fully saturated rings. The van der Waals surface area contributed by atoms with Crippen LogP contribution in [0.15, 0.2) is 36.4 Å². The van der Waals surface area contributed by atoms with E-state index in [4.69, 9.17) is 9.47 Å². The van der Waals surface area contributed by atoms with Crippen molar-refractivity contribution in [2.24, 2.45) is 5.92 Å². The summed E-state index contributed by atoms with van der Waals surface area (Å²) in [6.45, 7) is 5.85. The number of carbonyl (C=O) groups excluding carboxylic acids is 2. The first-order chi connectivity index (χ1) is 15.0.